The number of fused-ring (bicyclic) bond motifs is 2. The Kier molecular flexibility index (Phi) is 4.20. The Hall–Kier alpha value is -3.09. The molecule has 0 saturated carbocycles. The summed E-state index contributed by atoms with van der Waals surface area (Å²) in [5, 5.41) is 2.87. The van der Waals surface area contributed by atoms with Gasteiger partial charge in [0.05, 0.1) is 25.3 Å². The van der Waals surface area contributed by atoms with Crippen LogP contribution >= 0.6 is 0 Å². The highest BCUT2D eigenvalue weighted by Crippen LogP contribution is 2.17. The highest BCUT2D eigenvalue weighted by Gasteiger charge is 2.25. The molecule has 26 heavy (non-hydrogen) atoms. The molecule has 7 heteroatoms. The minimum Gasteiger partial charge on any atom is -0.494 e. The zero-order chi connectivity index (χ0) is 18.1. The summed E-state index contributed by atoms with van der Waals surface area (Å²) < 4.78 is 6.86. The molecule has 1 aromatic carbocycles. The highest BCUT2D eigenvalue weighted by atomic mass is 16.5. The van der Waals surface area contributed by atoms with E-state index in [-0.39, 0.29) is 11.5 Å². The molecule has 0 unspecified atom stereocenters. The highest BCUT2D eigenvalue weighted by molar-refractivity contribution is 5.79. The molecule has 0 atom stereocenters. The zero-order valence-corrected chi connectivity index (χ0v) is 14.6. The van der Waals surface area contributed by atoms with Crippen LogP contribution in [0.5, 0.6) is 5.75 Å². The molecule has 1 N–H and O–H groups in total. The Labute approximate surface area is 150 Å². The lowest BCUT2D eigenvalue weighted by atomic mass is 10.0. The normalized spacial score (nSPS) is 13.7. The van der Waals surface area contributed by atoms with E-state index in [1.165, 1.54) is 4.52 Å². The summed E-state index contributed by atoms with van der Waals surface area (Å²) in [5.74, 6) is 0.840. The van der Waals surface area contributed by atoms with Crippen LogP contribution in [-0.4, -0.2) is 38.6 Å². The molecule has 3 heterocycles. The van der Waals surface area contributed by atoms with Gasteiger partial charge in [0.25, 0.3) is 5.56 Å². The van der Waals surface area contributed by atoms with Crippen molar-refractivity contribution in [3.63, 3.8) is 0 Å². The summed E-state index contributed by atoms with van der Waals surface area (Å²) in [4.78, 5) is 31.4. The first-order valence-corrected chi connectivity index (χ1v) is 8.73. The molecule has 0 bridgehead atoms. The molecule has 134 valence electrons. The SMILES string of the molecule is CCOc1ccc(CC(=O)N2CCc3c(nc4cc[nH]n4c3=O)C2)cc1. The van der Waals surface area contributed by atoms with E-state index >= 15 is 0 Å². The lowest BCUT2D eigenvalue weighted by Crippen LogP contribution is -2.40. The summed E-state index contributed by atoms with van der Waals surface area (Å²) in [6.45, 7) is 3.47. The third kappa shape index (κ3) is 2.96. The van der Waals surface area contributed by atoms with E-state index in [4.69, 9.17) is 4.74 Å². The number of aromatic nitrogens is 3. The Morgan fingerprint density at radius 1 is 1.27 bits per heavy atom. The second-order valence-electron chi connectivity index (χ2n) is 6.32. The molecule has 0 aliphatic carbocycles. The van der Waals surface area contributed by atoms with E-state index in [0.29, 0.717) is 49.4 Å². The van der Waals surface area contributed by atoms with Gasteiger partial charge in [0.15, 0.2) is 5.65 Å². The molecule has 0 saturated heterocycles. The number of carbonyl (C=O) groups is 1. The molecular weight excluding hydrogens is 332 g/mol. The molecule has 7 nitrogen and oxygen atoms in total. The third-order valence-electron chi connectivity index (χ3n) is 4.64. The topological polar surface area (TPSA) is 79.7 Å². The summed E-state index contributed by atoms with van der Waals surface area (Å²) >= 11 is 0. The van der Waals surface area contributed by atoms with Crippen LogP contribution in [0.1, 0.15) is 23.7 Å². The van der Waals surface area contributed by atoms with E-state index < -0.39 is 0 Å². The maximum Gasteiger partial charge on any atom is 0.276 e. The van der Waals surface area contributed by atoms with Gasteiger partial charge >= 0.3 is 0 Å². The maximum atomic E-state index is 12.7. The van der Waals surface area contributed by atoms with Crippen molar-refractivity contribution in [3.05, 3.63) is 63.7 Å². The third-order valence-corrected chi connectivity index (χ3v) is 4.64. The second kappa shape index (κ2) is 6.67. The van der Waals surface area contributed by atoms with Crippen LogP contribution in [0.4, 0.5) is 0 Å². The molecule has 0 spiro atoms. The van der Waals surface area contributed by atoms with Gasteiger partial charge < -0.3 is 9.64 Å². The number of hydrogen-bond donors (Lipinski definition) is 1. The monoisotopic (exact) mass is 352 g/mol. The van der Waals surface area contributed by atoms with Crippen LogP contribution in [0.25, 0.3) is 5.65 Å². The first-order chi connectivity index (χ1) is 12.7. The van der Waals surface area contributed by atoms with Crippen LogP contribution in [-0.2, 0) is 24.2 Å². The molecule has 4 rings (SSSR count). The van der Waals surface area contributed by atoms with E-state index in [2.05, 4.69) is 10.1 Å². The summed E-state index contributed by atoms with van der Waals surface area (Å²) in [6.07, 6.45) is 2.54. The Morgan fingerprint density at radius 3 is 2.85 bits per heavy atom. The standard InChI is InChI=1S/C19H20N4O3/c1-2-26-14-5-3-13(4-6-14)11-18(24)22-10-8-15-16(12-22)21-17-7-9-20-23(17)19(15)25/h3-7,9,20H,2,8,10-12H2,1H3. The second-order valence-corrected chi connectivity index (χ2v) is 6.32. The smallest absolute Gasteiger partial charge is 0.276 e. The lowest BCUT2D eigenvalue weighted by Gasteiger charge is -2.27. The number of nitrogens with one attached hydrogen (secondary N) is 1. The number of amides is 1. The van der Waals surface area contributed by atoms with E-state index in [1.807, 2.05) is 31.2 Å². The molecule has 0 radical (unpaired) electrons. The molecule has 1 amide bonds. The number of rotatable bonds is 4. The van der Waals surface area contributed by atoms with Crippen molar-refractivity contribution in [1.29, 1.82) is 0 Å². The fourth-order valence-electron chi connectivity index (χ4n) is 3.30. The molecule has 1 aliphatic rings. The van der Waals surface area contributed by atoms with Crippen molar-refractivity contribution >= 4 is 11.6 Å². The van der Waals surface area contributed by atoms with Gasteiger partial charge in [-0.05, 0) is 31.0 Å². The fourth-order valence-corrected chi connectivity index (χ4v) is 3.30. The van der Waals surface area contributed by atoms with Gasteiger partial charge in [-0.15, -0.1) is 0 Å². The van der Waals surface area contributed by atoms with Crippen LogP contribution in [0.3, 0.4) is 0 Å². The van der Waals surface area contributed by atoms with Gasteiger partial charge in [-0.25, -0.2) is 9.50 Å². The fraction of sp³-hybridized carbons (Fsp3) is 0.316. The first kappa shape index (κ1) is 16.4. The lowest BCUT2D eigenvalue weighted by molar-refractivity contribution is -0.131. The van der Waals surface area contributed by atoms with Crippen molar-refractivity contribution in [2.45, 2.75) is 26.3 Å². The van der Waals surface area contributed by atoms with E-state index in [0.717, 1.165) is 11.3 Å². The number of ether oxygens (including phenoxy) is 1. The number of aromatic amines is 1. The average Bonchev–Trinajstić information content (AvgIpc) is 3.12. The summed E-state index contributed by atoms with van der Waals surface area (Å²) in [6, 6.07) is 9.33. The van der Waals surface area contributed by atoms with Gasteiger partial charge in [0.1, 0.15) is 5.75 Å². The van der Waals surface area contributed by atoms with Gasteiger partial charge in [-0.2, -0.15) is 0 Å². The molecule has 1 aliphatic heterocycles. The Balaban J connectivity index is 1.50. The predicted molar refractivity (Wildman–Crippen MR) is 96.2 cm³/mol. The van der Waals surface area contributed by atoms with Gasteiger partial charge in [-0.3, -0.25) is 14.7 Å². The van der Waals surface area contributed by atoms with Crippen molar-refractivity contribution in [1.82, 2.24) is 19.5 Å². The van der Waals surface area contributed by atoms with Gasteiger partial charge in [0, 0.05) is 24.4 Å². The minimum absolute atomic E-state index is 0.0378. The Morgan fingerprint density at radius 2 is 2.08 bits per heavy atom. The van der Waals surface area contributed by atoms with Gasteiger partial charge in [-0.1, -0.05) is 12.1 Å². The number of benzene rings is 1. The minimum atomic E-state index is -0.0754. The average molecular weight is 352 g/mol. The molecule has 0 fully saturated rings. The number of nitrogens with zero attached hydrogens (tertiary/aromatic N) is 3. The number of carbonyl (C=O) groups excluding carboxylic acids is 1. The van der Waals surface area contributed by atoms with Crippen LogP contribution in [0, 0.1) is 0 Å². The van der Waals surface area contributed by atoms with Gasteiger partial charge in [0.2, 0.25) is 5.91 Å². The van der Waals surface area contributed by atoms with Crippen LogP contribution in [0.2, 0.25) is 0 Å². The summed E-state index contributed by atoms with van der Waals surface area (Å²) in [5.41, 5.74) is 2.83. The first-order valence-electron chi connectivity index (χ1n) is 8.73. The summed E-state index contributed by atoms with van der Waals surface area (Å²) in [7, 11) is 0. The zero-order valence-electron chi connectivity index (χ0n) is 14.6. The van der Waals surface area contributed by atoms with Crippen molar-refractivity contribution in [2.24, 2.45) is 0 Å². The largest absolute Gasteiger partial charge is 0.494 e. The van der Waals surface area contributed by atoms with Crippen molar-refractivity contribution < 1.29 is 9.53 Å². The van der Waals surface area contributed by atoms with Crippen LogP contribution < -0.4 is 10.3 Å². The molecule has 3 aromatic rings. The van der Waals surface area contributed by atoms with Crippen molar-refractivity contribution in [2.75, 3.05) is 13.2 Å². The molecule has 2 aromatic heterocycles. The van der Waals surface area contributed by atoms with E-state index in [1.54, 1.807) is 17.2 Å². The maximum absolute atomic E-state index is 12.7. The number of H-pyrrole nitrogens is 1. The van der Waals surface area contributed by atoms with Crippen molar-refractivity contribution in [3.8, 4) is 5.75 Å². The van der Waals surface area contributed by atoms with Crippen LogP contribution in [0.15, 0.2) is 41.3 Å². The van der Waals surface area contributed by atoms with E-state index in [9.17, 15) is 9.59 Å². The quantitative estimate of drug-likeness (QED) is 0.773. The predicted octanol–water partition coefficient (Wildman–Crippen LogP) is 1.55. The number of hydrogen-bond acceptors (Lipinski definition) is 4. The Bertz CT molecular complexity index is 1000. The molecular formula is C19H20N4O3.